The lowest BCUT2D eigenvalue weighted by Crippen LogP contribution is -2.42. The number of rotatable bonds is 4. The Morgan fingerprint density at radius 1 is 1.52 bits per heavy atom. The molecule has 3 heterocycles. The summed E-state index contributed by atoms with van der Waals surface area (Å²) in [6, 6.07) is 4.05. The Kier molecular flexibility index (Phi) is 5.81. The van der Waals surface area contributed by atoms with Crippen molar-refractivity contribution in [2.45, 2.75) is 19.9 Å². The van der Waals surface area contributed by atoms with Crippen LogP contribution in [0.2, 0.25) is 0 Å². The minimum Gasteiger partial charge on any atom is -0.444 e. The topological polar surface area (TPSA) is 55.3 Å². The molecule has 4 nitrogen and oxygen atoms in total. The third kappa shape index (κ3) is 3.86. The van der Waals surface area contributed by atoms with Crippen molar-refractivity contribution in [3.05, 3.63) is 29.5 Å². The van der Waals surface area contributed by atoms with Gasteiger partial charge in [0.25, 0.3) is 0 Å². The van der Waals surface area contributed by atoms with Gasteiger partial charge in [0.05, 0.1) is 10.6 Å². The Bertz CT molecular complexity index is 543. The number of nitrogens with zero attached hydrogens (tertiary/aromatic N) is 2. The molecule has 2 atom stereocenters. The summed E-state index contributed by atoms with van der Waals surface area (Å²) in [4.78, 5) is 8.11. The largest absolute Gasteiger partial charge is 0.444 e. The summed E-state index contributed by atoms with van der Waals surface area (Å²) in [6.45, 7) is 6.13. The summed E-state index contributed by atoms with van der Waals surface area (Å²) in [5.41, 5.74) is 6.87. The molecular weight excluding hydrogens is 306 g/mol. The minimum absolute atomic E-state index is 0. The van der Waals surface area contributed by atoms with Crippen LogP contribution in [0.1, 0.15) is 19.0 Å². The average molecular weight is 328 g/mol. The Labute approximate surface area is 135 Å². The maximum absolute atomic E-state index is 5.86. The Morgan fingerprint density at radius 3 is 3.10 bits per heavy atom. The molecule has 2 unspecified atom stereocenters. The smallest absolute Gasteiger partial charge is 0.236 e. The molecule has 0 aliphatic carbocycles. The number of likely N-dealkylation sites (tertiary alicyclic amines) is 1. The molecule has 2 aromatic rings. The summed E-state index contributed by atoms with van der Waals surface area (Å²) < 4.78 is 5.57. The Hall–Kier alpha value is -0.880. The lowest BCUT2D eigenvalue weighted by Gasteiger charge is -2.36. The molecule has 21 heavy (non-hydrogen) atoms. The molecule has 0 radical (unpaired) electrons. The van der Waals surface area contributed by atoms with Crippen LogP contribution in [0, 0.1) is 11.8 Å². The van der Waals surface area contributed by atoms with E-state index in [1.165, 1.54) is 6.42 Å². The first-order chi connectivity index (χ1) is 9.76. The fourth-order valence-corrected chi connectivity index (χ4v) is 3.45. The van der Waals surface area contributed by atoms with Crippen molar-refractivity contribution in [2.24, 2.45) is 17.6 Å². The van der Waals surface area contributed by atoms with Gasteiger partial charge < -0.3 is 10.2 Å². The second kappa shape index (κ2) is 7.40. The zero-order chi connectivity index (χ0) is 13.9. The lowest BCUT2D eigenvalue weighted by atomic mass is 9.87. The number of piperidine rings is 1. The van der Waals surface area contributed by atoms with E-state index in [9.17, 15) is 0 Å². The highest BCUT2D eigenvalue weighted by molar-refractivity contribution is 7.13. The fourth-order valence-electron chi connectivity index (χ4n) is 2.80. The number of thiophene rings is 1. The SMILES string of the molecule is CC1CCN(Cc2coc(-c3cccs3)n2)CC1CN.Cl. The number of nitrogens with two attached hydrogens (primary N) is 1. The standard InChI is InChI=1S/C15H21N3OS.ClH/c1-11-4-5-18(8-12(11)7-16)9-13-10-19-15(17-13)14-3-2-6-20-14;/h2-3,6,10-12H,4-5,7-9,16H2,1H3;1H. The van der Waals surface area contributed by atoms with Gasteiger partial charge in [-0.1, -0.05) is 13.0 Å². The molecule has 1 aliphatic rings. The molecule has 0 saturated carbocycles. The van der Waals surface area contributed by atoms with Gasteiger partial charge in [-0.3, -0.25) is 4.90 Å². The molecule has 6 heteroatoms. The van der Waals surface area contributed by atoms with E-state index in [4.69, 9.17) is 10.2 Å². The molecule has 1 fully saturated rings. The van der Waals surface area contributed by atoms with E-state index in [-0.39, 0.29) is 12.4 Å². The minimum atomic E-state index is 0. The highest BCUT2D eigenvalue weighted by Gasteiger charge is 2.25. The number of halogens is 1. The van der Waals surface area contributed by atoms with Gasteiger partial charge in [0.15, 0.2) is 0 Å². The number of aromatic nitrogens is 1. The van der Waals surface area contributed by atoms with E-state index in [1.54, 1.807) is 17.6 Å². The normalized spacial score (nSPS) is 23.0. The third-order valence-corrected chi connectivity index (χ3v) is 5.03. The van der Waals surface area contributed by atoms with E-state index in [1.807, 2.05) is 17.5 Å². The van der Waals surface area contributed by atoms with Gasteiger partial charge in [0.1, 0.15) is 6.26 Å². The molecule has 0 bridgehead atoms. The van der Waals surface area contributed by atoms with Gasteiger partial charge in [0, 0.05) is 13.1 Å². The molecule has 1 aliphatic heterocycles. The van der Waals surface area contributed by atoms with Crippen LogP contribution < -0.4 is 5.73 Å². The second-order valence-corrected chi connectivity index (χ2v) is 6.57. The molecule has 3 rings (SSSR count). The van der Waals surface area contributed by atoms with Crippen LogP contribution in [0.3, 0.4) is 0 Å². The number of hydrogen-bond acceptors (Lipinski definition) is 5. The van der Waals surface area contributed by atoms with Crippen LogP contribution in [-0.2, 0) is 6.54 Å². The van der Waals surface area contributed by atoms with Crippen LogP contribution in [0.4, 0.5) is 0 Å². The molecule has 0 spiro atoms. The zero-order valence-electron chi connectivity index (χ0n) is 12.2. The Balaban J connectivity index is 0.00000161. The zero-order valence-corrected chi connectivity index (χ0v) is 13.8. The van der Waals surface area contributed by atoms with Gasteiger partial charge in [-0.05, 0) is 42.8 Å². The molecular formula is C15H22ClN3OS. The summed E-state index contributed by atoms with van der Waals surface area (Å²) in [5.74, 6) is 2.07. The monoisotopic (exact) mass is 327 g/mol. The van der Waals surface area contributed by atoms with Crippen molar-refractivity contribution in [2.75, 3.05) is 19.6 Å². The summed E-state index contributed by atoms with van der Waals surface area (Å²) >= 11 is 1.65. The van der Waals surface area contributed by atoms with Crippen molar-refractivity contribution in [3.8, 4) is 10.8 Å². The molecule has 0 aromatic carbocycles. The highest BCUT2D eigenvalue weighted by atomic mass is 35.5. The number of oxazole rings is 1. The van der Waals surface area contributed by atoms with Crippen molar-refractivity contribution < 1.29 is 4.42 Å². The van der Waals surface area contributed by atoms with Crippen molar-refractivity contribution in [1.29, 1.82) is 0 Å². The first-order valence-corrected chi connectivity index (χ1v) is 8.05. The van der Waals surface area contributed by atoms with Crippen LogP contribution in [0.25, 0.3) is 10.8 Å². The molecule has 116 valence electrons. The number of hydrogen-bond donors (Lipinski definition) is 1. The van der Waals surface area contributed by atoms with Crippen molar-refractivity contribution in [3.63, 3.8) is 0 Å². The quantitative estimate of drug-likeness (QED) is 0.936. The Morgan fingerprint density at radius 2 is 2.38 bits per heavy atom. The maximum atomic E-state index is 5.86. The van der Waals surface area contributed by atoms with Crippen LogP contribution in [0.15, 0.2) is 28.2 Å². The third-order valence-electron chi connectivity index (χ3n) is 4.17. The van der Waals surface area contributed by atoms with Crippen molar-refractivity contribution in [1.82, 2.24) is 9.88 Å². The van der Waals surface area contributed by atoms with Gasteiger partial charge in [-0.15, -0.1) is 23.7 Å². The second-order valence-electron chi connectivity index (χ2n) is 5.62. The molecule has 2 aromatic heterocycles. The van der Waals surface area contributed by atoms with Crippen LogP contribution in [-0.4, -0.2) is 29.5 Å². The van der Waals surface area contributed by atoms with E-state index in [0.717, 1.165) is 48.6 Å². The average Bonchev–Trinajstić information content (AvgIpc) is 3.11. The highest BCUT2D eigenvalue weighted by Crippen LogP contribution is 2.26. The summed E-state index contributed by atoms with van der Waals surface area (Å²) in [5, 5.41) is 2.04. The van der Waals surface area contributed by atoms with E-state index in [0.29, 0.717) is 5.92 Å². The van der Waals surface area contributed by atoms with E-state index >= 15 is 0 Å². The predicted molar refractivity (Wildman–Crippen MR) is 88.7 cm³/mol. The molecule has 0 amide bonds. The summed E-state index contributed by atoms with van der Waals surface area (Å²) in [7, 11) is 0. The first kappa shape index (κ1) is 16.5. The predicted octanol–water partition coefficient (Wildman–Crippen LogP) is 3.24. The lowest BCUT2D eigenvalue weighted by molar-refractivity contribution is 0.125. The van der Waals surface area contributed by atoms with Gasteiger partial charge >= 0.3 is 0 Å². The fraction of sp³-hybridized carbons (Fsp3) is 0.533. The summed E-state index contributed by atoms with van der Waals surface area (Å²) in [6.07, 6.45) is 3.00. The van der Waals surface area contributed by atoms with Crippen molar-refractivity contribution >= 4 is 23.7 Å². The van der Waals surface area contributed by atoms with Crippen LogP contribution >= 0.6 is 23.7 Å². The van der Waals surface area contributed by atoms with Gasteiger partial charge in [0.2, 0.25) is 5.89 Å². The first-order valence-electron chi connectivity index (χ1n) is 7.17. The molecule has 2 N–H and O–H groups in total. The van der Waals surface area contributed by atoms with E-state index in [2.05, 4.69) is 16.8 Å². The van der Waals surface area contributed by atoms with E-state index < -0.39 is 0 Å². The maximum Gasteiger partial charge on any atom is 0.236 e. The van der Waals surface area contributed by atoms with Crippen LogP contribution in [0.5, 0.6) is 0 Å². The van der Waals surface area contributed by atoms with Gasteiger partial charge in [-0.2, -0.15) is 0 Å². The van der Waals surface area contributed by atoms with Gasteiger partial charge in [-0.25, -0.2) is 4.98 Å². The molecule has 1 saturated heterocycles.